The van der Waals surface area contributed by atoms with Crippen molar-refractivity contribution in [3.05, 3.63) is 29.8 Å². The zero-order chi connectivity index (χ0) is 14.0. The molecule has 1 unspecified atom stereocenters. The van der Waals surface area contributed by atoms with Crippen molar-refractivity contribution in [2.75, 3.05) is 12.9 Å². The number of carbonyl (C=O) groups excluding carboxylic acids is 1. The summed E-state index contributed by atoms with van der Waals surface area (Å²) in [5.74, 6) is 0.472. The normalized spacial score (nSPS) is 24.9. The van der Waals surface area contributed by atoms with Crippen LogP contribution >= 0.6 is 11.8 Å². The van der Waals surface area contributed by atoms with Gasteiger partial charge >= 0.3 is 0 Å². The Morgan fingerprint density at radius 2 is 2.05 bits per heavy atom. The summed E-state index contributed by atoms with van der Waals surface area (Å²) in [6, 6.07) is 8.00. The van der Waals surface area contributed by atoms with Gasteiger partial charge in [0.2, 0.25) is 0 Å². The van der Waals surface area contributed by atoms with E-state index in [0.29, 0.717) is 5.78 Å². The highest BCUT2D eigenvalue weighted by Gasteiger charge is 2.42. The number of ether oxygens (including phenoxy) is 1. The Balaban J connectivity index is 1.79. The van der Waals surface area contributed by atoms with E-state index >= 15 is 0 Å². The molecule has 1 aromatic carbocycles. The number of hydrogen-bond donors (Lipinski definition) is 0. The van der Waals surface area contributed by atoms with Gasteiger partial charge in [-0.1, -0.05) is 31.0 Å². The summed E-state index contributed by atoms with van der Waals surface area (Å²) in [5, 5.41) is 0. The number of carbonyl (C=O) groups is 1. The molecule has 2 nitrogen and oxygen atoms in total. The molecule has 2 aliphatic rings. The average Bonchev–Trinajstić information content (AvgIpc) is 2.94. The van der Waals surface area contributed by atoms with Crippen LogP contribution in [0.5, 0.6) is 0 Å². The van der Waals surface area contributed by atoms with Crippen molar-refractivity contribution in [3.8, 4) is 0 Å². The molecular weight excluding hydrogens is 268 g/mol. The molecule has 0 aromatic heterocycles. The topological polar surface area (TPSA) is 26.3 Å². The van der Waals surface area contributed by atoms with Crippen LogP contribution in [0.1, 0.15) is 48.9 Å². The van der Waals surface area contributed by atoms with Gasteiger partial charge in [0, 0.05) is 23.0 Å². The van der Waals surface area contributed by atoms with Crippen molar-refractivity contribution in [1.29, 1.82) is 0 Å². The monoisotopic (exact) mass is 290 g/mol. The molecular formula is C17H22O2S. The predicted octanol–water partition coefficient (Wildman–Crippen LogP) is 4.33. The van der Waals surface area contributed by atoms with Crippen molar-refractivity contribution >= 4 is 17.5 Å². The van der Waals surface area contributed by atoms with Gasteiger partial charge in [0.25, 0.3) is 0 Å². The van der Waals surface area contributed by atoms with Gasteiger partial charge in [0.15, 0.2) is 5.78 Å². The van der Waals surface area contributed by atoms with Crippen LogP contribution in [0, 0.1) is 5.92 Å². The van der Waals surface area contributed by atoms with Crippen LogP contribution in [0.2, 0.25) is 0 Å². The smallest absolute Gasteiger partial charge is 0.167 e. The highest BCUT2D eigenvalue weighted by atomic mass is 32.2. The summed E-state index contributed by atoms with van der Waals surface area (Å²) in [6.45, 7) is 0.748. The lowest BCUT2D eigenvalue weighted by Gasteiger charge is -2.37. The van der Waals surface area contributed by atoms with Crippen LogP contribution < -0.4 is 0 Å². The van der Waals surface area contributed by atoms with Crippen molar-refractivity contribution in [3.63, 3.8) is 0 Å². The number of thioether (sulfide) groups is 1. The van der Waals surface area contributed by atoms with E-state index in [9.17, 15) is 4.79 Å². The Kier molecular flexibility index (Phi) is 4.18. The third-order valence-corrected chi connectivity index (χ3v) is 5.55. The standard InChI is InChI=1S/C17H22O2S/c1-20-15-7-3-2-6-14(15)16(18)13-8-11-19-17(12-13)9-4-5-10-17/h2-3,6-7,13H,4-5,8-12H2,1H3. The predicted molar refractivity (Wildman–Crippen MR) is 82.4 cm³/mol. The molecule has 1 aliphatic heterocycles. The van der Waals surface area contributed by atoms with E-state index in [4.69, 9.17) is 4.74 Å². The molecule has 1 heterocycles. The Morgan fingerprint density at radius 3 is 2.80 bits per heavy atom. The summed E-state index contributed by atoms with van der Waals surface area (Å²) in [6.07, 6.45) is 8.62. The maximum atomic E-state index is 12.9. The molecule has 108 valence electrons. The zero-order valence-corrected chi connectivity index (χ0v) is 12.9. The van der Waals surface area contributed by atoms with E-state index in [-0.39, 0.29) is 11.5 Å². The Labute approximate surface area is 125 Å². The molecule has 0 N–H and O–H groups in total. The van der Waals surface area contributed by atoms with Crippen molar-refractivity contribution in [2.45, 2.75) is 49.0 Å². The Morgan fingerprint density at radius 1 is 1.30 bits per heavy atom. The summed E-state index contributed by atoms with van der Waals surface area (Å²) >= 11 is 1.66. The molecule has 1 saturated carbocycles. The summed E-state index contributed by atoms with van der Waals surface area (Å²) in [7, 11) is 0. The van der Waals surface area contributed by atoms with Gasteiger partial charge in [-0.3, -0.25) is 4.79 Å². The first-order valence-corrected chi connectivity index (χ1v) is 8.78. The third kappa shape index (κ3) is 2.66. The van der Waals surface area contributed by atoms with Crippen LogP contribution in [-0.2, 0) is 4.74 Å². The zero-order valence-electron chi connectivity index (χ0n) is 12.1. The van der Waals surface area contributed by atoms with E-state index in [0.717, 1.165) is 42.7 Å². The van der Waals surface area contributed by atoms with Crippen molar-refractivity contribution in [2.24, 2.45) is 5.92 Å². The molecule has 1 aliphatic carbocycles. The maximum Gasteiger partial charge on any atom is 0.167 e. The first-order chi connectivity index (χ1) is 9.74. The van der Waals surface area contributed by atoms with Crippen molar-refractivity contribution < 1.29 is 9.53 Å². The average molecular weight is 290 g/mol. The van der Waals surface area contributed by atoms with E-state index in [1.165, 1.54) is 12.8 Å². The van der Waals surface area contributed by atoms with Crippen LogP contribution in [0.3, 0.4) is 0 Å². The van der Waals surface area contributed by atoms with E-state index in [2.05, 4.69) is 0 Å². The molecule has 0 bridgehead atoms. The quantitative estimate of drug-likeness (QED) is 0.612. The Hall–Kier alpha value is -0.800. The summed E-state index contributed by atoms with van der Waals surface area (Å²) < 4.78 is 6.04. The molecule has 1 saturated heterocycles. The third-order valence-electron chi connectivity index (χ3n) is 4.75. The fraction of sp³-hybridized carbons (Fsp3) is 0.588. The van der Waals surface area contributed by atoms with Crippen LogP contribution in [0.25, 0.3) is 0 Å². The lowest BCUT2D eigenvalue weighted by molar-refractivity contribution is -0.0866. The highest BCUT2D eigenvalue weighted by Crippen LogP contribution is 2.43. The minimum atomic E-state index is 0.0207. The molecule has 1 aromatic rings. The summed E-state index contributed by atoms with van der Waals surface area (Å²) in [4.78, 5) is 14.0. The number of Topliss-reactive ketones (excluding diaryl/α,β-unsaturated/α-hetero) is 1. The number of benzene rings is 1. The fourth-order valence-corrected chi connectivity index (χ4v) is 4.29. The van der Waals surface area contributed by atoms with Crippen molar-refractivity contribution in [1.82, 2.24) is 0 Å². The van der Waals surface area contributed by atoms with Crippen LogP contribution in [-0.4, -0.2) is 24.2 Å². The minimum Gasteiger partial charge on any atom is -0.375 e. The van der Waals surface area contributed by atoms with Gasteiger partial charge in [-0.05, 0) is 38.0 Å². The molecule has 3 rings (SSSR count). The van der Waals surface area contributed by atoms with Gasteiger partial charge in [-0.25, -0.2) is 0 Å². The van der Waals surface area contributed by atoms with E-state index in [1.54, 1.807) is 11.8 Å². The second-order valence-corrected chi connectivity index (χ2v) is 6.84. The lowest BCUT2D eigenvalue weighted by Crippen LogP contribution is -2.39. The first kappa shape index (κ1) is 14.2. The van der Waals surface area contributed by atoms with Gasteiger partial charge in [0.05, 0.1) is 5.60 Å². The first-order valence-electron chi connectivity index (χ1n) is 7.55. The minimum absolute atomic E-state index is 0.0207. The maximum absolute atomic E-state index is 12.9. The molecule has 20 heavy (non-hydrogen) atoms. The molecule has 1 atom stereocenters. The molecule has 2 fully saturated rings. The fourth-order valence-electron chi connectivity index (χ4n) is 3.69. The van der Waals surface area contributed by atoms with Gasteiger partial charge in [0.1, 0.15) is 0 Å². The SMILES string of the molecule is CSc1ccccc1C(=O)C1CCOC2(CCCC2)C1. The molecule has 0 amide bonds. The Bertz CT molecular complexity index is 492. The number of ketones is 1. The van der Waals surface area contributed by atoms with Crippen LogP contribution in [0.4, 0.5) is 0 Å². The van der Waals surface area contributed by atoms with Crippen LogP contribution in [0.15, 0.2) is 29.2 Å². The second kappa shape index (κ2) is 5.90. The molecule has 0 radical (unpaired) electrons. The number of rotatable bonds is 3. The summed E-state index contributed by atoms with van der Waals surface area (Å²) in [5.41, 5.74) is 0.924. The second-order valence-electron chi connectivity index (χ2n) is 5.99. The van der Waals surface area contributed by atoms with E-state index < -0.39 is 0 Å². The molecule has 1 spiro atoms. The van der Waals surface area contributed by atoms with Gasteiger partial charge in [-0.15, -0.1) is 11.8 Å². The molecule has 3 heteroatoms. The lowest BCUT2D eigenvalue weighted by atomic mass is 9.80. The van der Waals surface area contributed by atoms with Gasteiger partial charge in [-0.2, -0.15) is 0 Å². The van der Waals surface area contributed by atoms with Gasteiger partial charge < -0.3 is 4.74 Å². The highest BCUT2D eigenvalue weighted by molar-refractivity contribution is 7.98. The number of hydrogen-bond acceptors (Lipinski definition) is 3. The van der Waals surface area contributed by atoms with E-state index in [1.807, 2.05) is 30.5 Å². The largest absolute Gasteiger partial charge is 0.375 e.